The molecular formula is C26H37I5O11. The summed E-state index contributed by atoms with van der Waals surface area (Å²) < 4.78 is 29.8. The smallest absolute Gasteiger partial charge is 0.323 e. The van der Waals surface area contributed by atoms with Crippen molar-refractivity contribution in [2.75, 3.05) is 6.61 Å². The van der Waals surface area contributed by atoms with Gasteiger partial charge in [-0.15, -0.1) is 0 Å². The Morgan fingerprint density at radius 1 is 0.500 bits per heavy atom. The number of ether oxygens (including phenoxy) is 6. The fourth-order valence-electron chi connectivity index (χ4n) is 2.88. The van der Waals surface area contributed by atoms with Crippen LogP contribution in [0.4, 0.5) is 0 Å². The normalized spacial score (nSPS) is 23.8. The summed E-state index contributed by atoms with van der Waals surface area (Å²) in [5.74, 6) is -3.44. The lowest BCUT2D eigenvalue weighted by Gasteiger charge is -2.45. The molecule has 0 aromatic rings. The van der Waals surface area contributed by atoms with Crippen LogP contribution < -0.4 is 0 Å². The van der Waals surface area contributed by atoms with Gasteiger partial charge >= 0.3 is 29.8 Å². The Bertz CT molecular complexity index is 1030. The van der Waals surface area contributed by atoms with Crippen LogP contribution in [0.3, 0.4) is 0 Å². The molecule has 0 aliphatic carbocycles. The van der Waals surface area contributed by atoms with E-state index < -0.39 is 84.3 Å². The summed E-state index contributed by atoms with van der Waals surface area (Å²) in [6.45, 7) is 15.7. The van der Waals surface area contributed by atoms with Crippen molar-refractivity contribution in [1.82, 2.24) is 0 Å². The highest BCUT2D eigenvalue weighted by Crippen LogP contribution is 2.35. The Labute approximate surface area is 315 Å². The van der Waals surface area contributed by atoms with Crippen molar-refractivity contribution in [3.8, 4) is 0 Å². The third-order valence-corrected chi connectivity index (χ3v) is 7.55. The molecular weight excluding hydrogens is 1120 g/mol. The van der Waals surface area contributed by atoms with Crippen molar-refractivity contribution in [3.63, 3.8) is 0 Å². The van der Waals surface area contributed by atoms with Gasteiger partial charge in [0, 0.05) is 0 Å². The van der Waals surface area contributed by atoms with Gasteiger partial charge in [-0.3, -0.25) is 24.0 Å². The molecule has 242 valence electrons. The Balaban J connectivity index is 3.82. The van der Waals surface area contributed by atoms with Crippen LogP contribution in [0.15, 0.2) is 0 Å². The van der Waals surface area contributed by atoms with E-state index in [9.17, 15) is 24.0 Å². The zero-order chi connectivity index (χ0) is 33.2. The number of halogens is 5. The van der Waals surface area contributed by atoms with Gasteiger partial charge in [0.05, 0.1) is 0 Å². The lowest BCUT2D eigenvalue weighted by molar-refractivity contribution is -0.302. The van der Waals surface area contributed by atoms with E-state index in [1.165, 1.54) is 0 Å². The van der Waals surface area contributed by atoms with Gasteiger partial charge in [0.1, 0.15) is 29.8 Å². The molecule has 0 amide bonds. The van der Waals surface area contributed by atoms with Crippen molar-refractivity contribution in [3.05, 3.63) is 0 Å². The van der Waals surface area contributed by atoms with Gasteiger partial charge in [-0.25, -0.2) is 0 Å². The van der Waals surface area contributed by atoms with E-state index in [0.717, 1.165) is 0 Å². The second kappa shape index (κ2) is 15.2. The van der Waals surface area contributed by atoms with Gasteiger partial charge in [-0.2, -0.15) is 0 Å². The van der Waals surface area contributed by atoms with Gasteiger partial charge < -0.3 is 28.4 Å². The monoisotopic (exact) mass is 1160 g/mol. The minimum absolute atomic E-state index is 0.452. The van der Waals surface area contributed by atoms with Gasteiger partial charge in [-0.05, 0) is 69.2 Å². The van der Waals surface area contributed by atoms with Crippen LogP contribution in [0, 0.1) is 0 Å². The summed E-state index contributed by atoms with van der Waals surface area (Å²) in [4.78, 5) is 65.2. The molecule has 1 heterocycles. The molecule has 11 nitrogen and oxygen atoms in total. The maximum atomic E-state index is 13.2. The molecule has 1 fully saturated rings. The van der Waals surface area contributed by atoms with Crippen molar-refractivity contribution < 1.29 is 52.4 Å². The van der Waals surface area contributed by atoms with E-state index in [1.807, 2.05) is 113 Å². The maximum absolute atomic E-state index is 13.2. The van der Waals surface area contributed by atoms with E-state index >= 15 is 0 Å². The second-order valence-electron chi connectivity index (χ2n) is 12.0. The molecule has 1 aliphatic rings. The molecule has 1 saturated heterocycles. The number of esters is 5. The molecule has 0 aromatic heterocycles. The number of rotatable bonds is 11. The largest absolute Gasteiger partial charge is 0.462 e. The molecule has 0 bridgehead atoms. The lowest BCUT2D eigenvalue weighted by Crippen LogP contribution is -2.65. The molecule has 0 saturated carbocycles. The predicted octanol–water partition coefficient (Wildman–Crippen LogP) is 5.60. The fourth-order valence-corrected chi connectivity index (χ4v) is 3.54. The first-order valence-corrected chi connectivity index (χ1v) is 18.1. The van der Waals surface area contributed by atoms with Gasteiger partial charge in [-0.1, -0.05) is 113 Å². The third kappa shape index (κ3) is 12.6. The van der Waals surface area contributed by atoms with E-state index in [-0.39, 0.29) is 0 Å². The highest BCUT2D eigenvalue weighted by molar-refractivity contribution is 14.1. The molecule has 1 aliphatic heterocycles. The standard InChI is InChI=1S/C26H37I5O11/c1-22(2,27)17(32)37-11-12-13(39-18(33)23(3,4)28)14(40-19(34)24(5,6)29)15(41-20(35)25(7,8)30)16(38-12)42-21(36)26(9,10)31/h12-16H,11H2,1-10H3/t12-,13-,14+,15-,16-/m1/s1. The first-order valence-electron chi connectivity index (χ1n) is 12.7. The van der Waals surface area contributed by atoms with Crippen LogP contribution in [-0.2, 0) is 52.4 Å². The van der Waals surface area contributed by atoms with E-state index in [2.05, 4.69) is 0 Å². The second-order valence-corrected chi connectivity index (χ2v) is 25.5. The average molecular weight is 1160 g/mol. The minimum Gasteiger partial charge on any atom is -0.462 e. The maximum Gasteiger partial charge on any atom is 0.323 e. The Hall–Kier alpha value is 0.960. The average Bonchev–Trinajstić information content (AvgIpc) is 2.77. The van der Waals surface area contributed by atoms with Gasteiger partial charge in [0.2, 0.25) is 12.4 Å². The van der Waals surface area contributed by atoms with Gasteiger partial charge in [0.25, 0.3) is 0 Å². The summed E-state index contributed by atoms with van der Waals surface area (Å²) in [5.41, 5.74) is 0. The van der Waals surface area contributed by atoms with Crippen molar-refractivity contribution in [2.24, 2.45) is 0 Å². The Morgan fingerprint density at radius 2 is 0.810 bits per heavy atom. The summed E-state index contributed by atoms with van der Waals surface area (Å²) >= 11 is 9.45. The highest BCUT2D eigenvalue weighted by atomic mass is 127. The van der Waals surface area contributed by atoms with E-state index in [0.29, 0.717) is 0 Å². The van der Waals surface area contributed by atoms with Crippen molar-refractivity contribution >= 4 is 143 Å². The zero-order valence-electron chi connectivity index (χ0n) is 25.0. The summed E-state index contributed by atoms with van der Waals surface area (Å²) in [5, 5.41) is 0. The first kappa shape index (κ1) is 41.0. The molecule has 1 rings (SSSR count). The molecule has 42 heavy (non-hydrogen) atoms. The first-order chi connectivity index (χ1) is 18.6. The number of hydrogen-bond donors (Lipinski definition) is 0. The van der Waals surface area contributed by atoms with Crippen LogP contribution in [-0.4, -0.2) is 84.3 Å². The van der Waals surface area contributed by atoms with Crippen LogP contribution in [0.25, 0.3) is 0 Å². The summed E-state index contributed by atoms with van der Waals surface area (Å²) in [6, 6.07) is 0. The van der Waals surface area contributed by atoms with E-state index in [4.69, 9.17) is 28.4 Å². The SMILES string of the molecule is CC(C)(I)C(=O)OC[C@H]1O[C@H](OC(=O)C(C)(C)I)[C@H](OC(=O)C(C)(C)I)[C@@H](OC(=O)C(C)(C)I)[C@@H]1OC(=O)C(C)(C)I. The number of alkyl halides is 5. The van der Waals surface area contributed by atoms with Gasteiger partial charge in [0.15, 0.2) is 12.2 Å². The molecule has 0 unspecified atom stereocenters. The van der Waals surface area contributed by atoms with Crippen molar-refractivity contribution in [2.45, 2.75) is 117 Å². The third-order valence-electron chi connectivity index (χ3n) is 5.35. The number of carbonyl (C=O) groups excluding carboxylic acids is 5. The van der Waals surface area contributed by atoms with Crippen LogP contribution in [0.5, 0.6) is 0 Å². The Kier molecular flexibility index (Phi) is 14.9. The topological polar surface area (TPSA) is 141 Å². The fraction of sp³-hybridized carbons (Fsp3) is 0.808. The van der Waals surface area contributed by atoms with Crippen LogP contribution in [0.1, 0.15) is 69.2 Å². The molecule has 16 heteroatoms. The molecule has 0 aromatic carbocycles. The molecule has 0 spiro atoms. The number of carbonyl (C=O) groups is 5. The number of hydrogen-bond acceptors (Lipinski definition) is 11. The van der Waals surface area contributed by atoms with Crippen LogP contribution in [0.2, 0.25) is 0 Å². The Morgan fingerprint density at radius 3 is 1.17 bits per heavy atom. The van der Waals surface area contributed by atoms with Crippen molar-refractivity contribution in [1.29, 1.82) is 0 Å². The highest BCUT2D eigenvalue weighted by Gasteiger charge is 2.56. The molecule has 0 N–H and O–H groups in total. The summed E-state index contributed by atoms with van der Waals surface area (Å²) in [7, 11) is 0. The predicted molar refractivity (Wildman–Crippen MR) is 196 cm³/mol. The minimum atomic E-state index is -1.61. The molecule has 0 radical (unpaired) electrons. The quantitative estimate of drug-likeness (QED) is 0.111. The van der Waals surface area contributed by atoms with E-state index in [1.54, 1.807) is 69.2 Å². The molecule has 5 atom stereocenters. The zero-order valence-corrected chi connectivity index (χ0v) is 35.8. The van der Waals surface area contributed by atoms with Crippen LogP contribution >= 0.6 is 113 Å². The summed E-state index contributed by atoms with van der Waals surface area (Å²) in [6.07, 6.45) is -7.35. The lowest BCUT2D eigenvalue weighted by atomic mass is 9.97.